The van der Waals surface area contributed by atoms with E-state index in [1.54, 1.807) is 24.2 Å². The summed E-state index contributed by atoms with van der Waals surface area (Å²) >= 11 is 1.30. The van der Waals surface area contributed by atoms with Crippen LogP contribution < -0.4 is 5.73 Å². The zero-order valence-electron chi connectivity index (χ0n) is 11.6. The van der Waals surface area contributed by atoms with Gasteiger partial charge in [-0.3, -0.25) is 4.79 Å². The van der Waals surface area contributed by atoms with Crippen molar-refractivity contribution in [3.8, 4) is 0 Å². The highest BCUT2D eigenvalue weighted by Crippen LogP contribution is 2.33. The van der Waals surface area contributed by atoms with Crippen molar-refractivity contribution in [2.45, 2.75) is 32.7 Å². The molecule has 0 atom stereocenters. The molecule has 0 fully saturated rings. The zero-order chi connectivity index (χ0) is 14.2. The van der Waals surface area contributed by atoms with Crippen molar-refractivity contribution in [2.75, 3.05) is 12.8 Å². The molecule has 0 saturated heterocycles. The summed E-state index contributed by atoms with van der Waals surface area (Å²) < 4.78 is 0. The van der Waals surface area contributed by atoms with Crippen LogP contribution >= 0.6 is 11.3 Å². The van der Waals surface area contributed by atoms with E-state index in [-0.39, 0.29) is 11.4 Å². The molecule has 0 aliphatic carbocycles. The Kier molecular flexibility index (Phi) is 3.45. The standard InChI is InChI=1S/C13H18N4OS/c1-5-13(2,3)17(4)12(18)10-9(14)8-6-7-15-16-11(8)19-10/h6-7H,5,14H2,1-4H3. The number of thiophene rings is 1. The Morgan fingerprint density at radius 3 is 2.79 bits per heavy atom. The summed E-state index contributed by atoms with van der Waals surface area (Å²) in [7, 11) is 1.81. The van der Waals surface area contributed by atoms with E-state index in [0.717, 1.165) is 11.8 Å². The van der Waals surface area contributed by atoms with Crippen molar-refractivity contribution in [1.82, 2.24) is 15.1 Å². The van der Waals surface area contributed by atoms with E-state index in [4.69, 9.17) is 5.73 Å². The molecule has 0 radical (unpaired) electrons. The van der Waals surface area contributed by atoms with Crippen molar-refractivity contribution in [3.63, 3.8) is 0 Å². The van der Waals surface area contributed by atoms with E-state index in [1.807, 2.05) is 13.8 Å². The monoisotopic (exact) mass is 278 g/mol. The number of hydrogen-bond acceptors (Lipinski definition) is 5. The van der Waals surface area contributed by atoms with Gasteiger partial charge >= 0.3 is 0 Å². The van der Waals surface area contributed by atoms with Gasteiger partial charge in [0.05, 0.1) is 11.9 Å². The zero-order valence-corrected chi connectivity index (χ0v) is 12.4. The van der Waals surface area contributed by atoms with Gasteiger partial charge in [0.1, 0.15) is 9.71 Å². The van der Waals surface area contributed by atoms with Crippen LogP contribution in [0.3, 0.4) is 0 Å². The number of carbonyl (C=O) groups is 1. The lowest BCUT2D eigenvalue weighted by atomic mass is 10.00. The second-order valence-corrected chi connectivity index (χ2v) is 6.12. The van der Waals surface area contributed by atoms with Crippen molar-refractivity contribution in [1.29, 1.82) is 0 Å². The fraction of sp³-hybridized carbons (Fsp3) is 0.462. The minimum atomic E-state index is -0.203. The Morgan fingerprint density at radius 2 is 2.21 bits per heavy atom. The quantitative estimate of drug-likeness (QED) is 0.936. The third kappa shape index (κ3) is 2.28. The predicted octanol–water partition coefficient (Wildman–Crippen LogP) is 2.53. The lowest BCUT2D eigenvalue weighted by Crippen LogP contribution is -2.44. The molecule has 0 spiro atoms. The third-order valence-corrected chi connectivity index (χ3v) is 4.79. The van der Waals surface area contributed by atoms with Crippen LogP contribution in [0.25, 0.3) is 10.2 Å². The Hall–Kier alpha value is -1.69. The number of carbonyl (C=O) groups excluding carboxylic acids is 1. The van der Waals surface area contributed by atoms with Gasteiger partial charge in [-0.2, -0.15) is 5.10 Å². The van der Waals surface area contributed by atoms with Crippen molar-refractivity contribution >= 4 is 33.1 Å². The maximum atomic E-state index is 12.5. The topological polar surface area (TPSA) is 72.1 Å². The van der Waals surface area contributed by atoms with Gasteiger partial charge in [0.2, 0.25) is 0 Å². The molecule has 0 aromatic carbocycles. The molecule has 0 unspecified atom stereocenters. The number of nitrogen functional groups attached to an aromatic ring is 1. The minimum absolute atomic E-state index is 0.0626. The summed E-state index contributed by atoms with van der Waals surface area (Å²) in [6.07, 6.45) is 2.46. The fourth-order valence-electron chi connectivity index (χ4n) is 1.70. The van der Waals surface area contributed by atoms with Gasteiger partial charge in [-0.15, -0.1) is 16.4 Å². The number of rotatable bonds is 3. The van der Waals surface area contributed by atoms with Gasteiger partial charge in [0, 0.05) is 18.0 Å². The fourth-order valence-corrected chi connectivity index (χ4v) is 2.71. The number of fused-ring (bicyclic) bond motifs is 1. The maximum absolute atomic E-state index is 12.5. The molecule has 5 nitrogen and oxygen atoms in total. The number of aromatic nitrogens is 2. The first kappa shape index (κ1) is 13.7. The van der Waals surface area contributed by atoms with E-state index in [0.29, 0.717) is 15.4 Å². The maximum Gasteiger partial charge on any atom is 0.266 e. The molecule has 0 bridgehead atoms. The first-order chi connectivity index (χ1) is 8.88. The molecule has 2 aromatic rings. The SMILES string of the molecule is CCC(C)(C)N(C)C(=O)c1sc2nnccc2c1N. The van der Waals surface area contributed by atoms with Crippen molar-refractivity contribution in [3.05, 3.63) is 17.1 Å². The van der Waals surface area contributed by atoms with E-state index in [9.17, 15) is 4.79 Å². The summed E-state index contributed by atoms with van der Waals surface area (Å²) in [5.74, 6) is -0.0626. The summed E-state index contributed by atoms with van der Waals surface area (Å²) in [5, 5.41) is 8.62. The molecule has 0 aliphatic rings. The molecule has 6 heteroatoms. The Bertz CT molecular complexity index is 620. The lowest BCUT2D eigenvalue weighted by molar-refractivity contribution is 0.0626. The van der Waals surface area contributed by atoms with E-state index >= 15 is 0 Å². The van der Waals surface area contributed by atoms with Gasteiger partial charge in [-0.1, -0.05) is 6.92 Å². The van der Waals surface area contributed by atoms with Crippen molar-refractivity contribution in [2.24, 2.45) is 0 Å². The third-order valence-electron chi connectivity index (χ3n) is 3.69. The molecule has 2 heterocycles. The average Bonchev–Trinajstić information content (AvgIpc) is 2.75. The first-order valence-corrected chi connectivity index (χ1v) is 6.98. The molecule has 2 aromatic heterocycles. The first-order valence-electron chi connectivity index (χ1n) is 6.16. The molecule has 102 valence electrons. The van der Waals surface area contributed by atoms with Crippen LogP contribution in [0.15, 0.2) is 12.3 Å². The van der Waals surface area contributed by atoms with Gasteiger partial charge in [0.25, 0.3) is 5.91 Å². The second-order valence-electron chi connectivity index (χ2n) is 5.13. The van der Waals surface area contributed by atoms with Crippen LogP contribution in [0, 0.1) is 0 Å². The molecule has 19 heavy (non-hydrogen) atoms. The van der Waals surface area contributed by atoms with Crippen LogP contribution in [0.2, 0.25) is 0 Å². The predicted molar refractivity (Wildman–Crippen MR) is 78.3 cm³/mol. The molecule has 1 amide bonds. The van der Waals surface area contributed by atoms with E-state index in [2.05, 4.69) is 17.1 Å². The Balaban J connectivity index is 2.45. The van der Waals surface area contributed by atoms with E-state index in [1.165, 1.54) is 11.3 Å². The van der Waals surface area contributed by atoms with E-state index < -0.39 is 0 Å². The molecular weight excluding hydrogens is 260 g/mol. The molecule has 0 saturated carbocycles. The minimum Gasteiger partial charge on any atom is -0.397 e. The van der Waals surface area contributed by atoms with Crippen LogP contribution in [-0.2, 0) is 0 Å². The normalized spacial score (nSPS) is 11.8. The van der Waals surface area contributed by atoms with Crippen LogP contribution in [0.5, 0.6) is 0 Å². The summed E-state index contributed by atoms with van der Waals surface area (Å²) in [6.45, 7) is 6.13. The second kappa shape index (κ2) is 4.77. The highest BCUT2D eigenvalue weighted by molar-refractivity contribution is 7.21. The number of nitrogens with zero attached hydrogens (tertiary/aromatic N) is 3. The summed E-state index contributed by atoms with van der Waals surface area (Å²) in [5.41, 5.74) is 6.35. The van der Waals surface area contributed by atoms with Crippen LogP contribution in [-0.4, -0.2) is 33.6 Å². The van der Waals surface area contributed by atoms with Gasteiger partial charge in [-0.05, 0) is 26.3 Å². The van der Waals surface area contributed by atoms with Gasteiger partial charge in [-0.25, -0.2) is 0 Å². The highest BCUT2D eigenvalue weighted by Gasteiger charge is 2.29. The number of anilines is 1. The van der Waals surface area contributed by atoms with Crippen molar-refractivity contribution < 1.29 is 4.79 Å². The number of amides is 1. The lowest BCUT2D eigenvalue weighted by Gasteiger charge is -2.34. The molecule has 0 aliphatic heterocycles. The Labute approximate surface area is 116 Å². The molecule has 2 rings (SSSR count). The number of nitrogens with two attached hydrogens (primary N) is 1. The Morgan fingerprint density at radius 1 is 1.53 bits per heavy atom. The molecular formula is C13H18N4OS. The average molecular weight is 278 g/mol. The van der Waals surface area contributed by atoms with Gasteiger partial charge < -0.3 is 10.6 Å². The number of hydrogen-bond donors (Lipinski definition) is 1. The van der Waals surface area contributed by atoms with Crippen LogP contribution in [0.4, 0.5) is 5.69 Å². The summed E-state index contributed by atoms with van der Waals surface area (Å²) in [6, 6.07) is 1.79. The smallest absolute Gasteiger partial charge is 0.266 e. The van der Waals surface area contributed by atoms with Gasteiger partial charge in [0.15, 0.2) is 0 Å². The summed E-state index contributed by atoms with van der Waals surface area (Å²) in [4.78, 5) is 15.5. The largest absolute Gasteiger partial charge is 0.397 e. The molecule has 2 N–H and O–H groups in total. The highest BCUT2D eigenvalue weighted by atomic mass is 32.1. The van der Waals surface area contributed by atoms with Crippen LogP contribution in [0.1, 0.15) is 36.9 Å².